The van der Waals surface area contributed by atoms with Crippen LogP contribution in [0.1, 0.15) is 23.8 Å². The predicted molar refractivity (Wildman–Crippen MR) is 73.0 cm³/mol. The van der Waals surface area contributed by atoms with Gasteiger partial charge in [0.15, 0.2) is 5.82 Å². The average Bonchev–Trinajstić information content (AvgIpc) is 2.46. The summed E-state index contributed by atoms with van der Waals surface area (Å²) >= 11 is 0. The van der Waals surface area contributed by atoms with Gasteiger partial charge in [0.25, 0.3) is 5.91 Å². The number of aromatic nitrogens is 3. The van der Waals surface area contributed by atoms with Crippen LogP contribution in [0.2, 0.25) is 0 Å². The van der Waals surface area contributed by atoms with Crippen LogP contribution in [0.3, 0.4) is 0 Å². The van der Waals surface area contributed by atoms with Crippen molar-refractivity contribution in [2.24, 2.45) is 0 Å². The SMILES string of the molecule is CCCNc1ccc(C(=O)Nc2cccnn2)nc1. The molecule has 0 saturated carbocycles. The molecule has 2 aromatic rings. The monoisotopic (exact) mass is 257 g/mol. The summed E-state index contributed by atoms with van der Waals surface area (Å²) in [6.07, 6.45) is 4.22. The first-order valence-electron chi connectivity index (χ1n) is 6.08. The Morgan fingerprint density at radius 2 is 2.21 bits per heavy atom. The molecule has 2 heterocycles. The molecule has 2 N–H and O–H groups in total. The standard InChI is InChI=1S/C13H15N5O/c1-2-7-14-10-5-6-11(15-9-10)13(19)17-12-4-3-8-16-18-12/h3-6,8-9,14H,2,7H2,1H3,(H,17,18,19). The van der Waals surface area contributed by atoms with Crippen molar-refractivity contribution in [3.8, 4) is 0 Å². The third-order valence-corrected chi connectivity index (χ3v) is 2.39. The zero-order valence-corrected chi connectivity index (χ0v) is 10.6. The van der Waals surface area contributed by atoms with E-state index in [4.69, 9.17) is 0 Å². The van der Waals surface area contributed by atoms with Gasteiger partial charge in [-0.3, -0.25) is 4.79 Å². The van der Waals surface area contributed by atoms with Crippen molar-refractivity contribution in [3.05, 3.63) is 42.4 Å². The largest absolute Gasteiger partial charge is 0.384 e. The number of amides is 1. The highest BCUT2D eigenvalue weighted by atomic mass is 16.1. The van der Waals surface area contributed by atoms with Gasteiger partial charge in [0.1, 0.15) is 5.69 Å². The van der Waals surface area contributed by atoms with E-state index in [0.29, 0.717) is 11.5 Å². The Hall–Kier alpha value is -2.50. The van der Waals surface area contributed by atoms with Gasteiger partial charge in [-0.2, -0.15) is 5.10 Å². The summed E-state index contributed by atoms with van der Waals surface area (Å²) in [4.78, 5) is 16.0. The number of nitrogens with zero attached hydrogens (tertiary/aromatic N) is 3. The van der Waals surface area contributed by atoms with E-state index in [-0.39, 0.29) is 5.91 Å². The molecule has 6 heteroatoms. The Morgan fingerprint density at radius 1 is 1.32 bits per heavy atom. The number of hydrogen-bond acceptors (Lipinski definition) is 5. The molecule has 0 aliphatic rings. The predicted octanol–water partition coefficient (Wildman–Crippen LogP) is 1.95. The Morgan fingerprint density at radius 3 is 2.84 bits per heavy atom. The number of rotatable bonds is 5. The van der Waals surface area contributed by atoms with Crippen molar-refractivity contribution >= 4 is 17.4 Å². The lowest BCUT2D eigenvalue weighted by molar-refractivity contribution is 0.102. The van der Waals surface area contributed by atoms with Crippen molar-refractivity contribution in [2.75, 3.05) is 17.2 Å². The minimum Gasteiger partial charge on any atom is -0.384 e. The van der Waals surface area contributed by atoms with Gasteiger partial charge in [-0.25, -0.2) is 4.98 Å². The maximum Gasteiger partial charge on any atom is 0.275 e. The fraction of sp³-hybridized carbons (Fsp3) is 0.231. The minimum absolute atomic E-state index is 0.303. The summed E-state index contributed by atoms with van der Waals surface area (Å²) in [7, 11) is 0. The zero-order valence-electron chi connectivity index (χ0n) is 10.6. The van der Waals surface area contributed by atoms with Crippen molar-refractivity contribution < 1.29 is 4.79 Å². The van der Waals surface area contributed by atoms with Crippen molar-refractivity contribution in [2.45, 2.75) is 13.3 Å². The van der Waals surface area contributed by atoms with Crippen LogP contribution in [-0.4, -0.2) is 27.6 Å². The first kappa shape index (κ1) is 12.9. The molecule has 0 radical (unpaired) electrons. The Balaban J connectivity index is 1.99. The van der Waals surface area contributed by atoms with Crippen LogP contribution >= 0.6 is 0 Å². The Bertz CT molecular complexity index is 526. The topological polar surface area (TPSA) is 79.8 Å². The molecule has 0 spiro atoms. The summed E-state index contributed by atoms with van der Waals surface area (Å²) in [5.74, 6) is 0.102. The second-order valence-electron chi connectivity index (χ2n) is 3.92. The molecule has 98 valence electrons. The molecule has 0 aliphatic heterocycles. The van der Waals surface area contributed by atoms with Crippen LogP contribution in [0.5, 0.6) is 0 Å². The highest BCUT2D eigenvalue weighted by molar-refractivity contribution is 6.02. The number of pyridine rings is 1. The highest BCUT2D eigenvalue weighted by Gasteiger charge is 2.08. The molecule has 19 heavy (non-hydrogen) atoms. The number of hydrogen-bond donors (Lipinski definition) is 2. The Labute approximate surface area is 111 Å². The lowest BCUT2D eigenvalue weighted by Crippen LogP contribution is -2.15. The summed E-state index contributed by atoms with van der Waals surface area (Å²) < 4.78 is 0. The molecule has 2 aromatic heterocycles. The van der Waals surface area contributed by atoms with Crippen LogP contribution in [0.25, 0.3) is 0 Å². The first-order valence-corrected chi connectivity index (χ1v) is 6.08. The highest BCUT2D eigenvalue weighted by Crippen LogP contribution is 2.08. The molecular formula is C13H15N5O. The fourth-order valence-electron chi connectivity index (χ4n) is 1.45. The van der Waals surface area contributed by atoms with E-state index in [0.717, 1.165) is 18.7 Å². The maximum atomic E-state index is 11.9. The fourth-order valence-corrected chi connectivity index (χ4v) is 1.45. The molecule has 0 saturated heterocycles. The van der Waals surface area contributed by atoms with E-state index in [2.05, 4.69) is 32.7 Å². The smallest absolute Gasteiger partial charge is 0.275 e. The van der Waals surface area contributed by atoms with Crippen LogP contribution in [0.4, 0.5) is 11.5 Å². The number of carbonyl (C=O) groups is 1. The second kappa shape index (κ2) is 6.44. The van der Waals surface area contributed by atoms with E-state index < -0.39 is 0 Å². The van der Waals surface area contributed by atoms with Crippen molar-refractivity contribution in [1.29, 1.82) is 0 Å². The van der Waals surface area contributed by atoms with E-state index in [1.807, 2.05) is 6.07 Å². The Kier molecular flexibility index (Phi) is 4.39. The third-order valence-electron chi connectivity index (χ3n) is 2.39. The van der Waals surface area contributed by atoms with Crippen LogP contribution in [0.15, 0.2) is 36.7 Å². The molecule has 0 bridgehead atoms. The molecule has 0 aromatic carbocycles. The summed E-state index contributed by atoms with van der Waals surface area (Å²) in [6, 6.07) is 6.87. The van der Waals surface area contributed by atoms with Gasteiger partial charge in [0.05, 0.1) is 11.9 Å². The summed E-state index contributed by atoms with van der Waals surface area (Å²) in [5.41, 5.74) is 1.24. The van der Waals surface area contributed by atoms with Crippen molar-refractivity contribution in [1.82, 2.24) is 15.2 Å². The third kappa shape index (κ3) is 3.74. The molecular weight excluding hydrogens is 242 g/mol. The number of carbonyl (C=O) groups excluding carboxylic acids is 1. The maximum absolute atomic E-state index is 11.9. The average molecular weight is 257 g/mol. The molecule has 1 amide bonds. The van der Waals surface area contributed by atoms with Gasteiger partial charge in [0.2, 0.25) is 0 Å². The van der Waals surface area contributed by atoms with E-state index in [1.54, 1.807) is 30.6 Å². The molecule has 6 nitrogen and oxygen atoms in total. The molecule has 0 fully saturated rings. The minimum atomic E-state index is -0.303. The summed E-state index contributed by atoms with van der Waals surface area (Å²) in [6.45, 7) is 2.97. The number of nitrogens with one attached hydrogen (secondary N) is 2. The quantitative estimate of drug-likeness (QED) is 0.855. The van der Waals surface area contributed by atoms with Crippen LogP contribution in [0, 0.1) is 0 Å². The normalized spacial score (nSPS) is 9.95. The summed E-state index contributed by atoms with van der Waals surface area (Å²) in [5, 5.41) is 13.3. The zero-order chi connectivity index (χ0) is 13.5. The van der Waals surface area contributed by atoms with Crippen LogP contribution < -0.4 is 10.6 Å². The van der Waals surface area contributed by atoms with Gasteiger partial charge in [0, 0.05) is 12.7 Å². The molecule has 0 aliphatic carbocycles. The first-order chi connectivity index (χ1) is 9.29. The number of anilines is 2. The van der Waals surface area contributed by atoms with Crippen molar-refractivity contribution in [3.63, 3.8) is 0 Å². The van der Waals surface area contributed by atoms with E-state index in [9.17, 15) is 4.79 Å². The van der Waals surface area contributed by atoms with Gasteiger partial charge >= 0.3 is 0 Å². The van der Waals surface area contributed by atoms with Gasteiger partial charge in [-0.05, 0) is 30.7 Å². The molecule has 0 atom stereocenters. The van der Waals surface area contributed by atoms with E-state index >= 15 is 0 Å². The van der Waals surface area contributed by atoms with E-state index in [1.165, 1.54) is 0 Å². The van der Waals surface area contributed by atoms with Gasteiger partial charge in [-0.1, -0.05) is 6.92 Å². The second-order valence-corrected chi connectivity index (χ2v) is 3.92. The molecule has 0 unspecified atom stereocenters. The lowest BCUT2D eigenvalue weighted by Gasteiger charge is -2.05. The van der Waals surface area contributed by atoms with Crippen LogP contribution in [-0.2, 0) is 0 Å². The molecule has 2 rings (SSSR count). The van der Waals surface area contributed by atoms with Gasteiger partial charge < -0.3 is 10.6 Å². The van der Waals surface area contributed by atoms with Gasteiger partial charge in [-0.15, -0.1) is 5.10 Å². The lowest BCUT2D eigenvalue weighted by atomic mass is 10.3.